The van der Waals surface area contributed by atoms with E-state index >= 15 is 0 Å². The van der Waals surface area contributed by atoms with Crippen LogP contribution in [0.15, 0.2) is 23.1 Å². The van der Waals surface area contributed by atoms with E-state index in [1.165, 1.54) is 25.7 Å². The number of amides is 2. The number of carbonyl (C=O) groups excluding carboxylic acids is 2. The van der Waals surface area contributed by atoms with Gasteiger partial charge in [-0.1, -0.05) is 38.5 Å². The van der Waals surface area contributed by atoms with Crippen LogP contribution in [0.5, 0.6) is 0 Å². The Morgan fingerprint density at radius 1 is 0.848 bits per heavy atom. The molecule has 0 unspecified atom stereocenters. The lowest BCUT2D eigenvalue weighted by Gasteiger charge is -2.22. The molecule has 3 aliphatic rings. The quantitative estimate of drug-likeness (QED) is 0.635. The van der Waals surface area contributed by atoms with Crippen molar-refractivity contribution in [2.45, 2.75) is 94.4 Å². The summed E-state index contributed by atoms with van der Waals surface area (Å²) in [5.41, 5.74) is 1.65. The number of nitrogens with one attached hydrogen (secondary N) is 1. The third-order valence-corrected chi connectivity index (χ3v) is 8.76. The maximum Gasteiger partial charge on any atom is 0.240 e. The van der Waals surface area contributed by atoms with Gasteiger partial charge < -0.3 is 9.80 Å². The zero-order chi connectivity index (χ0) is 23.3. The van der Waals surface area contributed by atoms with Crippen LogP contribution in [0, 0.1) is 0 Å². The average molecular weight is 476 g/mol. The van der Waals surface area contributed by atoms with Gasteiger partial charge in [0.1, 0.15) is 0 Å². The second kappa shape index (κ2) is 11.0. The Hall–Kier alpha value is -1.93. The fraction of sp³-hybridized carbons (Fsp3) is 0.680. The first-order valence-electron chi connectivity index (χ1n) is 12.7. The summed E-state index contributed by atoms with van der Waals surface area (Å²) in [6, 6.07) is 5.07. The highest BCUT2D eigenvalue weighted by Gasteiger charge is 2.28. The average Bonchev–Trinajstić information content (AvgIpc) is 2.97. The zero-order valence-corrected chi connectivity index (χ0v) is 20.4. The van der Waals surface area contributed by atoms with Crippen molar-refractivity contribution in [1.82, 2.24) is 9.62 Å². The molecule has 1 aromatic carbocycles. The molecule has 7 nitrogen and oxygen atoms in total. The van der Waals surface area contributed by atoms with Crippen molar-refractivity contribution >= 4 is 27.5 Å². The summed E-state index contributed by atoms with van der Waals surface area (Å²) in [5, 5.41) is 0. The van der Waals surface area contributed by atoms with Crippen LogP contribution in [-0.2, 0) is 26.0 Å². The first-order valence-corrected chi connectivity index (χ1v) is 14.2. The fourth-order valence-corrected chi connectivity index (χ4v) is 6.67. The first-order chi connectivity index (χ1) is 15.9. The SMILES string of the molecule is O=C(CCC(=O)N1CCc2cc(S(=O)(=O)NC3CCCCCC3)ccc21)N1CCCCCC1. The molecule has 1 saturated heterocycles. The van der Waals surface area contributed by atoms with Gasteiger partial charge in [-0.05, 0) is 55.9 Å². The second-order valence-corrected chi connectivity index (χ2v) is 11.4. The van der Waals surface area contributed by atoms with E-state index in [9.17, 15) is 18.0 Å². The van der Waals surface area contributed by atoms with E-state index in [1.54, 1.807) is 23.1 Å². The number of benzene rings is 1. The van der Waals surface area contributed by atoms with Gasteiger partial charge in [0.2, 0.25) is 21.8 Å². The smallest absolute Gasteiger partial charge is 0.240 e. The Balaban J connectivity index is 1.36. The molecular formula is C25H37N3O4S. The third kappa shape index (κ3) is 6.15. The summed E-state index contributed by atoms with van der Waals surface area (Å²) < 4.78 is 28.8. The monoisotopic (exact) mass is 475 g/mol. The summed E-state index contributed by atoms with van der Waals surface area (Å²) in [7, 11) is -3.58. The molecule has 1 N–H and O–H groups in total. The van der Waals surface area contributed by atoms with E-state index in [0.717, 1.165) is 62.9 Å². The molecule has 4 rings (SSSR count). The van der Waals surface area contributed by atoms with E-state index in [2.05, 4.69) is 4.72 Å². The highest BCUT2D eigenvalue weighted by atomic mass is 32.2. The van der Waals surface area contributed by atoms with Crippen LogP contribution in [0.25, 0.3) is 0 Å². The highest BCUT2D eigenvalue weighted by molar-refractivity contribution is 7.89. The van der Waals surface area contributed by atoms with Gasteiger partial charge in [0.05, 0.1) is 4.90 Å². The number of rotatable bonds is 6. The van der Waals surface area contributed by atoms with Gasteiger partial charge in [0.25, 0.3) is 0 Å². The summed E-state index contributed by atoms with van der Waals surface area (Å²) in [6.07, 6.45) is 11.7. The predicted molar refractivity (Wildman–Crippen MR) is 129 cm³/mol. The van der Waals surface area contributed by atoms with Gasteiger partial charge in [-0.2, -0.15) is 0 Å². The number of likely N-dealkylation sites (tertiary alicyclic amines) is 1. The molecule has 2 aliphatic heterocycles. The molecule has 0 atom stereocenters. The Morgan fingerprint density at radius 2 is 1.48 bits per heavy atom. The predicted octanol–water partition coefficient (Wildman–Crippen LogP) is 3.76. The van der Waals surface area contributed by atoms with Crippen LogP contribution < -0.4 is 9.62 Å². The minimum atomic E-state index is -3.58. The summed E-state index contributed by atoms with van der Waals surface area (Å²) in [5.74, 6) is -0.000177. The van der Waals surface area contributed by atoms with Crippen LogP contribution in [0.4, 0.5) is 5.69 Å². The summed E-state index contributed by atoms with van der Waals surface area (Å²) in [6.45, 7) is 2.13. The lowest BCUT2D eigenvalue weighted by molar-refractivity contribution is -0.133. The molecule has 2 heterocycles. The molecule has 1 aromatic rings. The minimum absolute atomic E-state index is 0.00516. The highest BCUT2D eigenvalue weighted by Crippen LogP contribution is 2.31. The molecule has 1 saturated carbocycles. The van der Waals surface area contributed by atoms with Crippen molar-refractivity contribution in [3.63, 3.8) is 0 Å². The van der Waals surface area contributed by atoms with Crippen molar-refractivity contribution in [3.8, 4) is 0 Å². The number of carbonyl (C=O) groups is 2. The van der Waals surface area contributed by atoms with Crippen LogP contribution in [0.3, 0.4) is 0 Å². The Morgan fingerprint density at radius 3 is 2.18 bits per heavy atom. The number of hydrogen-bond acceptors (Lipinski definition) is 4. The lowest BCUT2D eigenvalue weighted by Crippen LogP contribution is -2.34. The number of sulfonamides is 1. The Labute approximate surface area is 198 Å². The van der Waals surface area contributed by atoms with Crippen molar-refractivity contribution in [2.24, 2.45) is 0 Å². The van der Waals surface area contributed by atoms with Crippen LogP contribution in [0.2, 0.25) is 0 Å². The van der Waals surface area contributed by atoms with Gasteiger partial charge in [-0.25, -0.2) is 13.1 Å². The standard InChI is InChI=1S/C25H37N3O4S/c29-24(27-16-7-3-4-8-17-27)13-14-25(30)28-18-15-20-19-22(11-12-23(20)28)33(31,32)26-21-9-5-1-2-6-10-21/h11-12,19,21,26H,1-10,13-18H2. The fourth-order valence-electron chi connectivity index (χ4n) is 5.32. The molecule has 182 valence electrons. The normalized spacial score (nSPS) is 20.2. The molecule has 0 bridgehead atoms. The van der Waals surface area contributed by atoms with E-state index < -0.39 is 10.0 Å². The topological polar surface area (TPSA) is 86.8 Å². The van der Waals surface area contributed by atoms with E-state index in [0.29, 0.717) is 13.0 Å². The summed E-state index contributed by atoms with van der Waals surface area (Å²) in [4.78, 5) is 29.3. The molecule has 2 fully saturated rings. The third-order valence-electron chi connectivity index (χ3n) is 7.25. The van der Waals surface area contributed by atoms with Gasteiger partial charge in [0, 0.05) is 44.2 Å². The summed E-state index contributed by atoms with van der Waals surface area (Å²) >= 11 is 0. The van der Waals surface area contributed by atoms with Gasteiger partial charge in [-0.3, -0.25) is 9.59 Å². The molecule has 8 heteroatoms. The molecule has 0 radical (unpaired) electrons. The van der Waals surface area contributed by atoms with Crippen LogP contribution in [-0.4, -0.2) is 50.8 Å². The van der Waals surface area contributed by atoms with E-state index in [1.807, 2.05) is 4.90 Å². The second-order valence-electron chi connectivity index (χ2n) is 9.69. The van der Waals surface area contributed by atoms with Crippen molar-refractivity contribution in [2.75, 3.05) is 24.5 Å². The number of hydrogen-bond donors (Lipinski definition) is 1. The van der Waals surface area contributed by atoms with Gasteiger partial charge >= 0.3 is 0 Å². The lowest BCUT2D eigenvalue weighted by atomic mass is 10.1. The number of anilines is 1. The van der Waals surface area contributed by atoms with Crippen molar-refractivity contribution < 1.29 is 18.0 Å². The number of fused-ring (bicyclic) bond motifs is 1. The largest absolute Gasteiger partial charge is 0.343 e. The first kappa shape index (κ1) is 24.2. The van der Waals surface area contributed by atoms with Crippen LogP contribution >= 0.6 is 0 Å². The molecule has 2 amide bonds. The zero-order valence-electron chi connectivity index (χ0n) is 19.6. The molecule has 0 spiro atoms. The molecule has 0 aromatic heterocycles. The van der Waals surface area contributed by atoms with E-state index in [-0.39, 0.29) is 35.6 Å². The van der Waals surface area contributed by atoms with E-state index in [4.69, 9.17) is 0 Å². The maximum atomic E-state index is 12.9. The Kier molecular flexibility index (Phi) is 8.07. The van der Waals surface area contributed by atoms with Gasteiger partial charge in [0.15, 0.2) is 0 Å². The maximum absolute atomic E-state index is 12.9. The molecular weight excluding hydrogens is 438 g/mol. The molecule has 33 heavy (non-hydrogen) atoms. The molecule has 1 aliphatic carbocycles. The Bertz CT molecular complexity index is 946. The van der Waals surface area contributed by atoms with Crippen molar-refractivity contribution in [3.05, 3.63) is 23.8 Å². The minimum Gasteiger partial charge on any atom is -0.343 e. The van der Waals surface area contributed by atoms with Crippen molar-refractivity contribution in [1.29, 1.82) is 0 Å². The number of nitrogens with zero attached hydrogens (tertiary/aromatic N) is 2. The van der Waals surface area contributed by atoms with Gasteiger partial charge in [-0.15, -0.1) is 0 Å². The van der Waals surface area contributed by atoms with Crippen LogP contribution in [0.1, 0.15) is 82.6 Å².